The van der Waals surface area contributed by atoms with E-state index in [1.165, 1.54) is 14.2 Å². The van der Waals surface area contributed by atoms with Gasteiger partial charge in [-0.05, 0) is 62.3 Å². The van der Waals surface area contributed by atoms with Gasteiger partial charge in [-0.25, -0.2) is 19.4 Å². The predicted octanol–water partition coefficient (Wildman–Crippen LogP) is 3.28. The summed E-state index contributed by atoms with van der Waals surface area (Å²) in [6.07, 6.45) is -2.86. The van der Waals surface area contributed by atoms with E-state index in [1.54, 1.807) is 62.3 Å². The average Bonchev–Trinajstić information content (AvgIpc) is 2.47. The zero-order chi connectivity index (χ0) is 24.1. The van der Waals surface area contributed by atoms with Crippen molar-refractivity contribution in [1.82, 2.24) is 9.96 Å². The van der Waals surface area contributed by atoms with E-state index in [0.717, 1.165) is 5.06 Å². The van der Waals surface area contributed by atoms with Crippen LogP contribution in [0.25, 0.3) is 0 Å². The van der Waals surface area contributed by atoms with E-state index in [2.05, 4.69) is 0 Å². The van der Waals surface area contributed by atoms with E-state index >= 15 is 0 Å². The van der Waals surface area contributed by atoms with Crippen molar-refractivity contribution in [2.45, 2.75) is 91.6 Å². The number of carbonyl (C=O) groups excluding carboxylic acids is 4. The fourth-order valence-electron chi connectivity index (χ4n) is 2.00. The fraction of sp³-hybridized carbons (Fsp3) is 0.800. The van der Waals surface area contributed by atoms with Crippen molar-refractivity contribution in [2.24, 2.45) is 0 Å². The maximum absolute atomic E-state index is 12.9. The molecule has 0 aliphatic heterocycles. The van der Waals surface area contributed by atoms with Crippen LogP contribution in [0.5, 0.6) is 0 Å². The third kappa shape index (κ3) is 10.4. The van der Waals surface area contributed by atoms with Crippen molar-refractivity contribution in [1.29, 1.82) is 0 Å². The molecule has 0 aliphatic rings. The lowest BCUT2D eigenvalue weighted by Crippen LogP contribution is -2.54. The summed E-state index contributed by atoms with van der Waals surface area (Å²) in [6, 6.07) is -1.63. The number of rotatable bonds is 5. The highest BCUT2D eigenvalue weighted by Gasteiger charge is 2.43. The van der Waals surface area contributed by atoms with Gasteiger partial charge in [0.2, 0.25) is 5.91 Å². The number of imide groups is 1. The van der Waals surface area contributed by atoms with Crippen LogP contribution in [-0.4, -0.2) is 71.0 Å². The largest absolute Gasteiger partial charge is 0.458 e. The van der Waals surface area contributed by atoms with Crippen molar-refractivity contribution in [3.63, 3.8) is 0 Å². The Labute approximate surface area is 178 Å². The van der Waals surface area contributed by atoms with Gasteiger partial charge in [0.1, 0.15) is 16.8 Å². The second kappa shape index (κ2) is 10.1. The molecule has 0 bridgehead atoms. The number of carbonyl (C=O) groups is 4. The van der Waals surface area contributed by atoms with Gasteiger partial charge in [0.25, 0.3) is 0 Å². The molecule has 0 radical (unpaired) electrons. The third-order valence-corrected chi connectivity index (χ3v) is 3.16. The van der Waals surface area contributed by atoms with E-state index < -0.39 is 53.3 Å². The number of hydroxylamine groups is 2. The van der Waals surface area contributed by atoms with E-state index in [9.17, 15) is 19.2 Å². The summed E-state index contributed by atoms with van der Waals surface area (Å²) in [4.78, 5) is 56.4. The molecule has 0 aliphatic carbocycles. The minimum Gasteiger partial charge on any atom is -0.458 e. The molecular weight excluding hydrogens is 396 g/mol. The maximum Gasteiger partial charge on any atom is 0.420 e. The Bertz CT molecular complexity index is 613. The van der Waals surface area contributed by atoms with E-state index in [4.69, 9.17) is 19.0 Å². The molecule has 0 N–H and O–H groups in total. The summed E-state index contributed by atoms with van der Waals surface area (Å²) < 4.78 is 15.9. The van der Waals surface area contributed by atoms with Crippen molar-refractivity contribution in [3.8, 4) is 0 Å². The molecule has 0 fully saturated rings. The van der Waals surface area contributed by atoms with Gasteiger partial charge in [0.05, 0.1) is 13.5 Å². The van der Waals surface area contributed by atoms with Crippen LogP contribution in [0.3, 0.4) is 0 Å². The summed E-state index contributed by atoms with van der Waals surface area (Å²) in [5.41, 5.74) is -2.87. The molecule has 0 aromatic heterocycles. The number of amides is 3. The van der Waals surface area contributed by atoms with Crippen LogP contribution < -0.4 is 0 Å². The zero-order valence-corrected chi connectivity index (χ0v) is 19.9. The first-order valence-corrected chi connectivity index (χ1v) is 9.56. The van der Waals surface area contributed by atoms with Crippen LogP contribution in [0.4, 0.5) is 9.59 Å². The molecule has 0 rings (SSSR count). The molecular formula is C20H36N2O8. The number of ether oxygens (including phenoxy) is 3. The molecule has 0 heterocycles. The van der Waals surface area contributed by atoms with Crippen molar-refractivity contribution in [3.05, 3.63) is 0 Å². The number of esters is 1. The molecule has 10 nitrogen and oxygen atoms in total. The molecule has 10 heteroatoms. The molecule has 1 atom stereocenters. The van der Waals surface area contributed by atoms with E-state index in [-0.39, 0.29) is 0 Å². The SMILES string of the molecule is CON(C)C(=O)C[C@@H](C(=O)OC(C)(C)C)N(C(=O)OC(C)(C)C)C(=O)OC(C)(C)C. The van der Waals surface area contributed by atoms with Gasteiger partial charge in [0.15, 0.2) is 6.04 Å². The highest BCUT2D eigenvalue weighted by molar-refractivity contribution is 5.96. The van der Waals surface area contributed by atoms with Crippen molar-refractivity contribution < 1.29 is 38.2 Å². The standard InChI is InChI=1S/C20H36N2O8/c1-18(2,3)28-15(24)13(12-14(23)21(10)27-11)22(16(25)29-19(4,5)6)17(26)30-20(7,8)9/h13H,12H2,1-11H3/t13-/m0/s1. The topological polar surface area (TPSA) is 112 Å². The van der Waals surface area contributed by atoms with Gasteiger partial charge < -0.3 is 14.2 Å². The molecule has 174 valence electrons. The molecule has 0 aromatic rings. The zero-order valence-electron chi connectivity index (χ0n) is 19.9. The molecule has 3 amide bonds. The fourth-order valence-corrected chi connectivity index (χ4v) is 2.00. The van der Waals surface area contributed by atoms with Crippen LogP contribution in [0.1, 0.15) is 68.7 Å². The minimum absolute atomic E-state index is 0.478. The monoisotopic (exact) mass is 432 g/mol. The Morgan fingerprint density at radius 3 is 1.40 bits per heavy atom. The summed E-state index contributed by atoms with van der Waals surface area (Å²) in [6.45, 7) is 14.5. The lowest BCUT2D eigenvalue weighted by molar-refractivity contribution is -0.174. The average molecular weight is 433 g/mol. The highest BCUT2D eigenvalue weighted by Crippen LogP contribution is 2.21. The number of hydrogen-bond acceptors (Lipinski definition) is 8. The summed E-state index contributed by atoms with van der Waals surface area (Å²) in [7, 11) is 2.60. The predicted molar refractivity (Wildman–Crippen MR) is 108 cm³/mol. The normalized spacial score (nSPS) is 13.2. The van der Waals surface area contributed by atoms with Crippen LogP contribution in [-0.2, 0) is 28.6 Å². The molecule has 0 unspecified atom stereocenters. The van der Waals surface area contributed by atoms with E-state index in [0.29, 0.717) is 4.90 Å². The van der Waals surface area contributed by atoms with Crippen molar-refractivity contribution in [2.75, 3.05) is 14.2 Å². The third-order valence-electron chi connectivity index (χ3n) is 3.16. The Hall–Kier alpha value is -2.36. The Kier molecular flexibility index (Phi) is 9.31. The van der Waals surface area contributed by atoms with Gasteiger partial charge in [-0.2, -0.15) is 4.90 Å². The van der Waals surface area contributed by atoms with Crippen LogP contribution in [0.2, 0.25) is 0 Å². The second-order valence-corrected chi connectivity index (χ2v) is 9.66. The molecule has 0 saturated heterocycles. The van der Waals surface area contributed by atoms with Gasteiger partial charge in [-0.3, -0.25) is 9.63 Å². The van der Waals surface area contributed by atoms with Gasteiger partial charge >= 0.3 is 18.2 Å². The lowest BCUT2D eigenvalue weighted by atomic mass is 10.1. The molecule has 0 saturated carbocycles. The van der Waals surface area contributed by atoms with Crippen LogP contribution in [0.15, 0.2) is 0 Å². The van der Waals surface area contributed by atoms with Crippen LogP contribution >= 0.6 is 0 Å². The number of nitrogens with zero attached hydrogens (tertiary/aromatic N) is 2. The molecule has 0 spiro atoms. The first kappa shape index (κ1) is 27.6. The maximum atomic E-state index is 12.9. The van der Waals surface area contributed by atoms with Gasteiger partial charge in [-0.15, -0.1) is 0 Å². The summed E-state index contributed by atoms with van der Waals surface area (Å²) in [5, 5.41) is 0.875. The summed E-state index contributed by atoms with van der Waals surface area (Å²) in [5.74, 6) is -1.62. The second-order valence-electron chi connectivity index (χ2n) is 9.66. The number of hydrogen-bond donors (Lipinski definition) is 0. The highest BCUT2D eigenvalue weighted by atomic mass is 16.7. The van der Waals surface area contributed by atoms with Gasteiger partial charge in [-0.1, -0.05) is 0 Å². The summed E-state index contributed by atoms with van der Waals surface area (Å²) >= 11 is 0. The first-order valence-electron chi connectivity index (χ1n) is 9.56. The first-order chi connectivity index (χ1) is 13.3. The van der Waals surface area contributed by atoms with Gasteiger partial charge in [0, 0.05) is 7.05 Å². The Morgan fingerprint density at radius 2 is 1.10 bits per heavy atom. The Balaban J connectivity index is 6.25. The smallest absolute Gasteiger partial charge is 0.420 e. The van der Waals surface area contributed by atoms with E-state index in [1.807, 2.05) is 0 Å². The van der Waals surface area contributed by atoms with Crippen LogP contribution in [0, 0.1) is 0 Å². The molecule has 0 aromatic carbocycles. The van der Waals surface area contributed by atoms with Crippen molar-refractivity contribution >= 4 is 24.1 Å². The Morgan fingerprint density at radius 1 is 0.733 bits per heavy atom. The molecule has 30 heavy (non-hydrogen) atoms. The quantitative estimate of drug-likeness (QED) is 0.370. The lowest BCUT2D eigenvalue weighted by Gasteiger charge is -2.33. The minimum atomic E-state index is -1.63.